The van der Waals surface area contributed by atoms with Gasteiger partial charge in [0, 0.05) is 26.8 Å². The first-order valence-corrected chi connectivity index (χ1v) is 8.66. The summed E-state index contributed by atoms with van der Waals surface area (Å²) in [6.45, 7) is 1.67. The Kier molecular flexibility index (Phi) is 4.07. The summed E-state index contributed by atoms with van der Waals surface area (Å²) in [7, 11) is -1.86. The maximum atomic E-state index is 12.7. The maximum absolute atomic E-state index is 12.7. The van der Waals surface area contributed by atoms with Crippen LogP contribution in [0.4, 0.5) is 0 Å². The van der Waals surface area contributed by atoms with E-state index < -0.39 is 10.0 Å². The number of fused-ring (bicyclic) bond motifs is 1. The third-order valence-corrected chi connectivity index (χ3v) is 6.00. The van der Waals surface area contributed by atoms with Crippen molar-refractivity contribution in [1.29, 1.82) is 0 Å². The molecule has 1 aliphatic heterocycles. The SMILES string of the molecule is COCC1CCN(S(=O)(=O)c2ccc3[nH]c(=O)[nH]c3c2)CC1. The van der Waals surface area contributed by atoms with Crippen molar-refractivity contribution >= 4 is 21.1 Å². The molecule has 1 fully saturated rings. The number of piperidine rings is 1. The van der Waals surface area contributed by atoms with Gasteiger partial charge in [-0.1, -0.05) is 0 Å². The molecule has 0 bridgehead atoms. The minimum absolute atomic E-state index is 0.209. The molecule has 3 rings (SSSR count). The molecule has 1 saturated heterocycles. The van der Waals surface area contributed by atoms with Gasteiger partial charge >= 0.3 is 5.69 Å². The Hall–Kier alpha value is -1.64. The summed E-state index contributed by atoms with van der Waals surface area (Å²) in [5.41, 5.74) is 0.757. The first-order valence-electron chi connectivity index (χ1n) is 7.22. The third kappa shape index (κ3) is 2.81. The third-order valence-electron chi connectivity index (χ3n) is 4.10. The number of nitrogens with zero attached hydrogens (tertiary/aromatic N) is 1. The minimum Gasteiger partial charge on any atom is -0.384 e. The number of methoxy groups -OCH3 is 1. The molecule has 0 atom stereocenters. The Bertz CT molecular complexity index is 816. The van der Waals surface area contributed by atoms with Crippen molar-refractivity contribution in [2.75, 3.05) is 26.8 Å². The van der Waals surface area contributed by atoms with E-state index in [4.69, 9.17) is 4.74 Å². The van der Waals surface area contributed by atoms with Crippen LogP contribution in [-0.2, 0) is 14.8 Å². The van der Waals surface area contributed by atoms with Crippen LogP contribution in [0.25, 0.3) is 11.0 Å². The fraction of sp³-hybridized carbons (Fsp3) is 0.500. The van der Waals surface area contributed by atoms with E-state index in [-0.39, 0.29) is 10.6 Å². The summed E-state index contributed by atoms with van der Waals surface area (Å²) in [5, 5.41) is 0. The van der Waals surface area contributed by atoms with E-state index >= 15 is 0 Å². The smallest absolute Gasteiger partial charge is 0.323 e. The van der Waals surface area contributed by atoms with Gasteiger partial charge in [0.2, 0.25) is 10.0 Å². The van der Waals surface area contributed by atoms with Gasteiger partial charge in [-0.2, -0.15) is 4.31 Å². The van der Waals surface area contributed by atoms with Crippen LogP contribution in [0.1, 0.15) is 12.8 Å². The van der Waals surface area contributed by atoms with E-state index in [1.165, 1.54) is 16.4 Å². The van der Waals surface area contributed by atoms with Crippen molar-refractivity contribution in [1.82, 2.24) is 14.3 Å². The zero-order valence-electron chi connectivity index (χ0n) is 12.3. The number of aromatic nitrogens is 2. The van der Waals surface area contributed by atoms with Crippen LogP contribution in [0.3, 0.4) is 0 Å². The Morgan fingerprint density at radius 1 is 1.23 bits per heavy atom. The Labute approximate surface area is 128 Å². The van der Waals surface area contributed by atoms with E-state index in [1.807, 2.05) is 0 Å². The molecule has 1 aromatic carbocycles. The lowest BCUT2D eigenvalue weighted by molar-refractivity contribution is 0.121. The molecular weight excluding hydrogens is 306 g/mol. The van der Waals surface area contributed by atoms with Gasteiger partial charge in [0.15, 0.2) is 0 Å². The Morgan fingerprint density at radius 2 is 1.91 bits per heavy atom. The number of ether oxygens (including phenoxy) is 1. The minimum atomic E-state index is -3.53. The maximum Gasteiger partial charge on any atom is 0.323 e. The molecule has 0 spiro atoms. The highest BCUT2D eigenvalue weighted by molar-refractivity contribution is 7.89. The largest absolute Gasteiger partial charge is 0.384 e. The van der Waals surface area contributed by atoms with Gasteiger partial charge in [0.05, 0.1) is 15.9 Å². The fourth-order valence-corrected chi connectivity index (χ4v) is 4.37. The summed E-state index contributed by atoms with van der Waals surface area (Å²) in [4.78, 5) is 16.7. The second-order valence-electron chi connectivity index (χ2n) is 5.59. The number of rotatable bonds is 4. The number of imidazole rings is 1. The average Bonchev–Trinajstić information content (AvgIpc) is 2.87. The number of H-pyrrole nitrogens is 2. The summed E-state index contributed by atoms with van der Waals surface area (Å²) < 4.78 is 32.0. The Morgan fingerprint density at radius 3 is 2.59 bits per heavy atom. The molecule has 1 aliphatic rings. The molecule has 8 heteroatoms. The monoisotopic (exact) mass is 325 g/mol. The first-order chi connectivity index (χ1) is 10.5. The standard InChI is InChI=1S/C14H19N3O4S/c1-21-9-10-4-6-17(7-5-10)22(19,20)11-2-3-12-13(8-11)16-14(18)15-12/h2-3,8,10H,4-7,9H2,1H3,(H2,15,16,18). The van der Waals surface area contributed by atoms with Crippen LogP contribution in [0.5, 0.6) is 0 Å². The topological polar surface area (TPSA) is 95.3 Å². The summed E-state index contributed by atoms with van der Waals surface area (Å²) in [5.74, 6) is 0.417. The fourth-order valence-electron chi connectivity index (χ4n) is 2.87. The van der Waals surface area contributed by atoms with E-state index in [9.17, 15) is 13.2 Å². The molecule has 1 aromatic heterocycles. The zero-order chi connectivity index (χ0) is 15.7. The molecule has 0 radical (unpaired) electrons. The van der Waals surface area contributed by atoms with E-state index in [1.54, 1.807) is 13.2 Å². The second kappa shape index (κ2) is 5.86. The second-order valence-corrected chi connectivity index (χ2v) is 7.53. The van der Waals surface area contributed by atoms with Crippen molar-refractivity contribution in [3.05, 3.63) is 28.7 Å². The molecule has 0 aliphatic carbocycles. The molecule has 0 unspecified atom stereocenters. The van der Waals surface area contributed by atoms with Gasteiger partial charge in [-0.3, -0.25) is 0 Å². The van der Waals surface area contributed by atoms with Gasteiger partial charge in [-0.05, 0) is 37.0 Å². The highest BCUT2D eigenvalue weighted by Gasteiger charge is 2.29. The number of aromatic amines is 2. The van der Waals surface area contributed by atoms with Crippen LogP contribution < -0.4 is 5.69 Å². The van der Waals surface area contributed by atoms with Gasteiger partial charge < -0.3 is 14.7 Å². The molecule has 0 amide bonds. The van der Waals surface area contributed by atoms with Crippen molar-refractivity contribution in [2.45, 2.75) is 17.7 Å². The molecule has 120 valence electrons. The lowest BCUT2D eigenvalue weighted by atomic mass is 9.99. The van der Waals surface area contributed by atoms with Crippen molar-refractivity contribution in [3.63, 3.8) is 0 Å². The van der Waals surface area contributed by atoms with Crippen molar-refractivity contribution < 1.29 is 13.2 Å². The highest BCUT2D eigenvalue weighted by atomic mass is 32.2. The van der Waals surface area contributed by atoms with Crippen molar-refractivity contribution in [2.24, 2.45) is 5.92 Å². The number of nitrogens with one attached hydrogen (secondary N) is 2. The summed E-state index contributed by atoms with van der Waals surface area (Å²) in [6.07, 6.45) is 1.60. The lowest BCUT2D eigenvalue weighted by Gasteiger charge is -2.30. The zero-order valence-corrected chi connectivity index (χ0v) is 13.1. The van der Waals surface area contributed by atoms with Crippen molar-refractivity contribution in [3.8, 4) is 0 Å². The number of benzene rings is 1. The predicted molar refractivity (Wildman–Crippen MR) is 82.3 cm³/mol. The molecule has 22 heavy (non-hydrogen) atoms. The highest BCUT2D eigenvalue weighted by Crippen LogP contribution is 2.25. The number of hydrogen-bond acceptors (Lipinski definition) is 4. The molecule has 7 nitrogen and oxygen atoms in total. The van der Waals surface area contributed by atoms with Crippen LogP contribution in [0.15, 0.2) is 27.9 Å². The van der Waals surface area contributed by atoms with Gasteiger partial charge in [0.1, 0.15) is 0 Å². The van der Waals surface area contributed by atoms with Crippen LogP contribution >= 0.6 is 0 Å². The quantitative estimate of drug-likeness (QED) is 0.873. The van der Waals surface area contributed by atoms with Gasteiger partial charge in [-0.25, -0.2) is 13.2 Å². The van der Waals surface area contributed by atoms with Gasteiger partial charge in [0.25, 0.3) is 0 Å². The van der Waals surface area contributed by atoms with Crippen LogP contribution in [0, 0.1) is 5.92 Å². The normalized spacial score (nSPS) is 18.0. The molecular formula is C14H19N3O4S. The van der Waals surface area contributed by atoms with E-state index in [0.29, 0.717) is 36.6 Å². The first kappa shape index (κ1) is 15.3. The number of sulfonamides is 1. The molecule has 0 saturated carbocycles. The Balaban J connectivity index is 1.84. The van der Waals surface area contributed by atoms with E-state index in [2.05, 4.69) is 9.97 Å². The van der Waals surface area contributed by atoms with E-state index in [0.717, 1.165) is 12.8 Å². The van der Waals surface area contributed by atoms with Crippen LogP contribution in [-0.4, -0.2) is 49.5 Å². The summed E-state index contributed by atoms with van der Waals surface area (Å²) in [6, 6.07) is 4.64. The summed E-state index contributed by atoms with van der Waals surface area (Å²) >= 11 is 0. The molecule has 2 N–H and O–H groups in total. The number of hydrogen-bond donors (Lipinski definition) is 2. The molecule has 2 heterocycles. The average molecular weight is 325 g/mol. The predicted octanol–water partition coefficient (Wildman–Crippen LogP) is 0.903. The lowest BCUT2D eigenvalue weighted by Crippen LogP contribution is -2.39. The van der Waals surface area contributed by atoms with Crippen LogP contribution in [0.2, 0.25) is 0 Å². The van der Waals surface area contributed by atoms with Gasteiger partial charge in [-0.15, -0.1) is 0 Å². The molecule has 2 aromatic rings.